The molecule has 0 bridgehead atoms. The number of nitrogen functional groups attached to an aromatic ring is 1. The summed E-state index contributed by atoms with van der Waals surface area (Å²) in [5.41, 5.74) is 10.7. The molecular weight excluding hydrogens is 322 g/mol. The third-order valence-corrected chi connectivity index (χ3v) is 3.69. The number of hydrogen-bond acceptors (Lipinski definition) is 5. The van der Waals surface area contributed by atoms with Gasteiger partial charge in [-0.25, -0.2) is 9.97 Å². The summed E-state index contributed by atoms with van der Waals surface area (Å²) in [4.78, 5) is 8.45. The third kappa shape index (κ3) is 3.75. The third-order valence-electron chi connectivity index (χ3n) is 3.46. The average Bonchev–Trinajstić information content (AvgIpc) is 2.50. The molecular formula is C18H18ClN5. The molecule has 122 valence electrons. The number of nitrogens with zero attached hydrogens (tertiary/aromatic N) is 2. The second-order valence-electron chi connectivity index (χ2n) is 5.62. The van der Waals surface area contributed by atoms with Gasteiger partial charge in [-0.1, -0.05) is 23.7 Å². The lowest BCUT2D eigenvalue weighted by Crippen LogP contribution is -2.05. The normalized spacial score (nSPS) is 10.5. The zero-order valence-electron chi connectivity index (χ0n) is 13.5. The Kier molecular flexibility index (Phi) is 4.53. The number of halogens is 1. The van der Waals surface area contributed by atoms with Gasteiger partial charge in [0.25, 0.3) is 0 Å². The molecule has 0 aliphatic carbocycles. The molecule has 3 rings (SSSR count). The Morgan fingerprint density at radius 2 is 1.50 bits per heavy atom. The summed E-state index contributed by atoms with van der Waals surface area (Å²) >= 11 is 6.00. The van der Waals surface area contributed by atoms with E-state index in [-0.39, 0.29) is 0 Å². The Labute approximate surface area is 145 Å². The predicted octanol–water partition coefficient (Wildman–Crippen LogP) is 4.82. The van der Waals surface area contributed by atoms with E-state index in [1.807, 2.05) is 44.2 Å². The standard InChI is InChI=1S/C18H18ClN5/c1-11-6-12(2)8-15(7-11)24-18-16(20)17(21-10-22-18)23-14-5-3-4-13(19)9-14/h3-10H,20H2,1-2H3,(H2,21,22,23,24). The van der Waals surface area contributed by atoms with E-state index >= 15 is 0 Å². The maximum absolute atomic E-state index is 6.21. The highest BCUT2D eigenvalue weighted by Crippen LogP contribution is 2.29. The highest BCUT2D eigenvalue weighted by atomic mass is 35.5. The maximum Gasteiger partial charge on any atom is 0.159 e. The summed E-state index contributed by atoms with van der Waals surface area (Å²) in [6.07, 6.45) is 1.47. The Morgan fingerprint density at radius 1 is 0.875 bits per heavy atom. The average molecular weight is 340 g/mol. The van der Waals surface area contributed by atoms with Crippen molar-refractivity contribution in [2.45, 2.75) is 13.8 Å². The molecule has 0 aliphatic rings. The fourth-order valence-electron chi connectivity index (χ4n) is 2.48. The van der Waals surface area contributed by atoms with Crippen LogP contribution in [-0.4, -0.2) is 9.97 Å². The maximum atomic E-state index is 6.21. The number of benzene rings is 2. The molecule has 24 heavy (non-hydrogen) atoms. The number of hydrogen-bond donors (Lipinski definition) is 3. The zero-order chi connectivity index (χ0) is 17.1. The van der Waals surface area contributed by atoms with Crippen molar-refractivity contribution >= 4 is 40.3 Å². The lowest BCUT2D eigenvalue weighted by Gasteiger charge is -2.13. The molecule has 0 spiro atoms. The molecule has 0 amide bonds. The van der Waals surface area contributed by atoms with Crippen molar-refractivity contribution in [2.75, 3.05) is 16.4 Å². The molecule has 0 radical (unpaired) electrons. The Balaban J connectivity index is 1.88. The first-order valence-electron chi connectivity index (χ1n) is 7.49. The van der Waals surface area contributed by atoms with Gasteiger partial charge in [-0.15, -0.1) is 0 Å². The van der Waals surface area contributed by atoms with E-state index < -0.39 is 0 Å². The summed E-state index contributed by atoms with van der Waals surface area (Å²) in [5.74, 6) is 1.08. The van der Waals surface area contributed by atoms with E-state index in [9.17, 15) is 0 Å². The first kappa shape index (κ1) is 16.1. The molecule has 4 N–H and O–H groups in total. The second kappa shape index (κ2) is 6.76. The van der Waals surface area contributed by atoms with Gasteiger partial charge in [0.05, 0.1) is 0 Å². The fourth-order valence-corrected chi connectivity index (χ4v) is 2.67. The molecule has 1 heterocycles. The van der Waals surface area contributed by atoms with Crippen LogP contribution in [-0.2, 0) is 0 Å². The molecule has 6 heteroatoms. The summed E-state index contributed by atoms with van der Waals surface area (Å²) in [6, 6.07) is 13.6. The molecule has 2 aromatic carbocycles. The summed E-state index contributed by atoms with van der Waals surface area (Å²) in [7, 11) is 0. The lowest BCUT2D eigenvalue weighted by atomic mass is 10.1. The van der Waals surface area contributed by atoms with Crippen molar-refractivity contribution in [3.63, 3.8) is 0 Å². The van der Waals surface area contributed by atoms with E-state index in [1.54, 1.807) is 6.07 Å². The van der Waals surface area contributed by atoms with E-state index in [2.05, 4.69) is 26.7 Å². The van der Waals surface area contributed by atoms with Crippen molar-refractivity contribution in [3.05, 3.63) is 64.9 Å². The first-order valence-corrected chi connectivity index (χ1v) is 7.87. The second-order valence-corrected chi connectivity index (χ2v) is 6.06. The van der Waals surface area contributed by atoms with Gasteiger partial charge in [0.1, 0.15) is 12.0 Å². The molecule has 0 saturated carbocycles. The number of nitrogens with two attached hydrogens (primary N) is 1. The molecule has 0 fully saturated rings. The van der Waals surface area contributed by atoms with Crippen LogP contribution in [0.2, 0.25) is 5.02 Å². The number of aromatic nitrogens is 2. The molecule has 0 unspecified atom stereocenters. The van der Waals surface area contributed by atoms with Crippen LogP contribution < -0.4 is 16.4 Å². The Morgan fingerprint density at radius 3 is 2.12 bits per heavy atom. The minimum atomic E-state index is 0.441. The van der Waals surface area contributed by atoms with Gasteiger partial charge in [0.15, 0.2) is 11.6 Å². The van der Waals surface area contributed by atoms with Gasteiger partial charge in [-0.2, -0.15) is 0 Å². The van der Waals surface area contributed by atoms with Crippen LogP contribution >= 0.6 is 11.6 Å². The van der Waals surface area contributed by atoms with Gasteiger partial charge in [0.2, 0.25) is 0 Å². The Bertz CT molecular complexity index is 859. The van der Waals surface area contributed by atoms with Crippen molar-refractivity contribution < 1.29 is 0 Å². The molecule has 5 nitrogen and oxygen atoms in total. The minimum absolute atomic E-state index is 0.441. The summed E-state index contributed by atoms with van der Waals surface area (Å²) in [5, 5.41) is 7.05. The van der Waals surface area contributed by atoms with Crippen molar-refractivity contribution in [1.29, 1.82) is 0 Å². The van der Waals surface area contributed by atoms with Crippen molar-refractivity contribution in [2.24, 2.45) is 0 Å². The quantitative estimate of drug-likeness (QED) is 0.635. The SMILES string of the molecule is Cc1cc(C)cc(Nc2ncnc(Nc3cccc(Cl)c3)c2N)c1. The molecule has 0 saturated heterocycles. The van der Waals surface area contributed by atoms with Crippen molar-refractivity contribution in [3.8, 4) is 0 Å². The topological polar surface area (TPSA) is 75.9 Å². The van der Waals surface area contributed by atoms with Gasteiger partial charge in [-0.05, 0) is 55.3 Å². The van der Waals surface area contributed by atoms with Gasteiger partial charge in [-0.3, -0.25) is 0 Å². The molecule has 0 aliphatic heterocycles. The van der Waals surface area contributed by atoms with Crippen LogP contribution in [0.15, 0.2) is 48.8 Å². The van der Waals surface area contributed by atoms with E-state index in [0.717, 1.165) is 11.4 Å². The van der Waals surface area contributed by atoms with Gasteiger partial charge in [0, 0.05) is 16.4 Å². The highest BCUT2D eigenvalue weighted by Gasteiger charge is 2.09. The number of rotatable bonds is 4. The van der Waals surface area contributed by atoms with Crippen LogP contribution in [0.4, 0.5) is 28.7 Å². The van der Waals surface area contributed by atoms with Crippen LogP contribution in [0.5, 0.6) is 0 Å². The van der Waals surface area contributed by atoms with Gasteiger partial charge < -0.3 is 16.4 Å². The van der Waals surface area contributed by atoms with Gasteiger partial charge >= 0.3 is 0 Å². The summed E-state index contributed by atoms with van der Waals surface area (Å²) in [6.45, 7) is 4.10. The molecule has 3 aromatic rings. The largest absolute Gasteiger partial charge is 0.393 e. The molecule has 0 atom stereocenters. The monoisotopic (exact) mass is 339 g/mol. The first-order chi connectivity index (χ1) is 11.5. The summed E-state index contributed by atoms with van der Waals surface area (Å²) < 4.78 is 0. The lowest BCUT2D eigenvalue weighted by molar-refractivity contribution is 1.17. The number of nitrogens with one attached hydrogen (secondary N) is 2. The van der Waals surface area contributed by atoms with Crippen molar-refractivity contribution in [1.82, 2.24) is 9.97 Å². The Hall–Kier alpha value is -2.79. The van der Waals surface area contributed by atoms with Crippen LogP contribution in [0.3, 0.4) is 0 Å². The molecule has 1 aromatic heterocycles. The fraction of sp³-hybridized carbons (Fsp3) is 0.111. The van der Waals surface area contributed by atoms with Crippen LogP contribution in [0.25, 0.3) is 0 Å². The highest BCUT2D eigenvalue weighted by molar-refractivity contribution is 6.30. The predicted molar refractivity (Wildman–Crippen MR) is 100 cm³/mol. The minimum Gasteiger partial charge on any atom is -0.393 e. The van der Waals surface area contributed by atoms with E-state index in [0.29, 0.717) is 22.3 Å². The smallest absolute Gasteiger partial charge is 0.159 e. The van der Waals surface area contributed by atoms with E-state index in [1.165, 1.54) is 17.5 Å². The zero-order valence-corrected chi connectivity index (χ0v) is 14.2. The van der Waals surface area contributed by atoms with Crippen LogP contribution in [0.1, 0.15) is 11.1 Å². The van der Waals surface area contributed by atoms with Crippen LogP contribution in [0, 0.1) is 13.8 Å². The number of aryl methyl sites for hydroxylation is 2. The van der Waals surface area contributed by atoms with E-state index in [4.69, 9.17) is 17.3 Å². The number of anilines is 5.